The normalized spacial score (nSPS) is 13.9. The first-order chi connectivity index (χ1) is 8.64. The average molecular weight is 245 g/mol. The summed E-state index contributed by atoms with van der Waals surface area (Å²) >= 11 is 0. The highest BCUT2D eigenvalue weighted by Gasteiger charge is 2.25. The van der Waals surface area contributed by atoms with Crippen molar-refractivity contribution in [1.82, 2.24) is 0 Å². The third-order valence-corrected chi connectivity index (χ3v) is 2.97. The van der Waals surface area contributed by atoms with Gasteiger partial charge in [0, 0.05) is 5.69 Å². The molecule has 0 aliphatic rings. The van der Waals surface area contributed by atoms with Crippen LogP contribution in [0.3, 0.4) is 0 Å². The average Bonchev–Trinajstić information content (AvgIpc) is 2.40. The fraction of sp³-hybridized carbons (Fsp3) is 0.200. The molecular weight excluding hydrogens is 229 g/mol. The van der Waals surface area contributed by atoms with Gasteiger partial charge in [0.1, 0.15) is 5.82 Å². The Kier molecular flexibility index (Phi) is 3.63. The molecule has 18 heavy (non-hydrogen) atoms. The summed E-state index contributed by atoms with van der Waals surface area (Å²) in [5.74, 6) is -0.304. The Bertz CT molecular complexity index is 515. The quantitative estimate of drug-likeness (QED) is 0.867. The number of halogens is 1. The van der Waals surface area contributed by atoms with Crippen molar-refractivity contribution in [3.63, 3.8) is 0 Å². The summed E-state index contributed by atoms with van der Waals surface area (Å²) in [5, 5.41) is 12.8. The van der Waals surface area contributed by atoms with Crippen LogP contribution in [-0.4, -0.2) is 11.7 Å². The Hall–Kier alpha value is -1.87. The lowest BCUT2D eigenvalue weighted by atomic mass is 9.92. The largest absolute Gasteiger partial charge is 0.394 e. The molecule has 0 amide bonds. The lowest BCUT2D eigenvalue weighted by Crippen LogP contribution is -2.35. The molecule has 2 rings (SSSR count). The van der Waals surface area contributed by atoms with Gasteiger partial charge in [-0.1, -0.05) is 30.3 Å². The first-order valence-electron chi connectivity index (χ1n) is 5.84. The van der Waals surface area contributed by atoms with Gasteiger partial charge in [-0.15, -0.1) is 0 Å². The van der Waals surface area contributed by atoms with E-state index in [4.69, 9.17) is 0 Å². The predicted octanol–water partition coefficient (Wildman–Crippen LogP) is 3.15. The van der Waals surface area contributed by atoms with Crippen LogP contribution in [0.2, 0.25) is 0 Å². The lowest BCUT2D eigenvalue weighted by molar-refractivity contribution is 0.224. The zero-order valence-electron chi connectivity index (χ0n) is 10.2. The highest BCUT2D eigenvalue weighted by Crippen LogP contribution is 2.26. The first kappa shape index (κ1) is 12.6. The summed E-state index contributed by atoms with van der Waals surface area (Å²) in [6, 6.07) is 15.8. The van der Waals surface area contributed by atoms with Crippen LogP contribution < -0.4 is 5.32 Å². The van der Waals surface area contributed by atoms with Crippen molar-refractivity contribution >= 4 is 5.69 Å². The summed E-state index contributed by atoms with van der Waals surface area (Å²) in [7, 11) is 0. The molecule has 0 fully saturated rings. The minimum atomic E-state index is -0.705. The SMILES string of the molecule is CC(CO)(Nc1ccccc1)c1cccc(F)c1. The number of aliphatic hydroxyl groups is 1. The molecule has 1 atom stereocenters. The smallest absolute Gasteiger partial charge is 0.123 e. The number of aliphatic hydroxyl groups excluding tert-OH is 1. The lowest BCUT2D eigenvalue weighted by Gasteiger charge is -2.30. The summed E-state index contributed by atoms with van der Waals surface area (Å²) in [6.07, 6.45) is 0. The van der Waals surface area contributed by atoms with Gasteiger partial charge in [0.05, 0.1) is 12.1 Å². The molecule has 2 nitrogen and oxygen atoms in total. The maximum Gasteiger partial charge on any atom is 0.123 e. The molecule has 0 aliphatic heterocycles. The minimum Gasteiger partial charge on any atom is -0.394 e. The van der Waals surface area contributed by atoms with Crippen LogP contribution in [0.25, 0.3) is 0 Å². The summed E-state index contributed by atoms with van der Waals surface area (Å²) < 4.78 is 13.3. The molecule has 0 heterocycles. The van der Waals surface area contributed by atoms with Gasteiger partial charge in [0.15, 0.2) is 0 Å². The Morgan fingerprint density at radius 1 is 1.11 bits per heavy atom. The minimum absolute atomic E-state index is 0.120. The Morgan fingerprint density at radius 2 is 1.83 bits per heavy atom. The van der Waals surface area contributed by atoms with Crippen LogP contribution in [0.5, 0.6) is 0 Å². The Balaban J connectivity index is 2.31. The first-order valence-corrected chi connectivity index (χ1v) is 5.84. The number of hydrogen-bond donors (Lipinski definition) is 2. The van der Waals surface area contributed by atoms with E-state index in [0.717, 1.165) is 5.69 Å². The molecule has 0 saturated heterocycles. The molecule has 0 bridgehead atoms. The van der Waals surface area contributed by atoms with E-state index >= 15 is 0 Å². The fourth-order valence-electron chi connectivity index (χ4n) is 1.87. The van der Waals surface area contributed by atoms with E-state index in [2.05, 4.69) is 5.32 Å². The Morgan fingerprint density at radius 3 is 2.44 bits per heavy atom. The topological polar surface area (TPSA) is 32.3 Å². The van der Waals surface area contributed by atoms with Crippen molar-refractivity contribution in [3.05, 3.63) is 66.0 Å². The van der Waals surface area contributed by atoms with Crippen molar-refractivity contribution in [2.75, 3.05) is 11.9 Å². The molecule has 2 aromatic rings. The van der Waals surface area contributed by atoms with Gasteiger partial charge in [-0.05, 0) is 36.8 Å². The van der Waals surface area contributed by atoms with Gasteiger partial charge in [-0.3, -0.25) is 0 Å². The van der Waals surface area contributed by atoms with Gasteiger partial charge in [-0.25, -0.2) is 4.39 Å². The second kappa shape index (κ2) is 5.19. The van der Waals surface area contributed by atoms with Crippen LogP contribution in [-0.2, 0) is 5.54 Å². The molecule has 94 valence electrons. The van der Waals surface area contributed by atoms with Crippen molar-refractivity contribution in [2.24, 2.45) is 0 Å². The zero-order valence-corrected chi connectivity index (χ0v) is 10.2. The maximum absolute atomic E-state index is 13.3. The van der Waals surface area contributed by atoms with E-state index in [1.165, 1.54) is 12.1 Å². The summed E-state index contributed by atoms with van der Waals surface area (Å²) in [6.45, 7) is 1.72. The van der Waals surface area contributed by atoms with E-state index in [1.807, 2.05) is 37.3 Å². The summed E-state index contributed by atoms with van der Waals surface area (Å²) in [5.41, 5.74) is 0.899. The van der Waals surface area contributed by atoms with E-state index in [-0.39, 0.29) is 12.4 Å². The molecule has 2 N–H and O–H groups in total. The molecule has 1 unspecified atom stereocenters. The molecule has 0 aliphatic carbocycles. The zero-order chi connectivity index (χ0) is 13.0. The van der Waals surface area contributed by atoms with Gasteiger partial charge >= 0.3 is 0 Å². The van der Waals surface area contributed by atoms with Gasteiger partial charge in [0.2, 0.25) is 0 Å². The predicted molar refractivity (Wildman–Crippen MR) is 70.9 cm³/mol. The highest BCUT2D eigenvalue weighted by atomic mass is 19.1. The van der Waals surface area contributed by atoms with Crippen LogP contribution in [0, 0.1) is 5.82 Å². The van der Waals surface area contributed by atoms with Gasteiger partial charge in [-0.2, -0.15) is 0 Å². The number of para-hydroxylation sites is 1. The maximum atomic E-state index is 13.3. The number of anilines is 1. The number of rotatable bonds is 4. The summed E-state index contributed by atoms with van der Waals surface area (Å²) in [4.78, 5) is 0. The molecule has 2 aromatic carbocycles. The van der Waals surface area contributed by atoms with Crippen molar-refractivity contribution in [3.8, 4) is 0 Å². The van der Waals surface area contributed by atoms with Crippen molar-refractivity contribution < 1.29 is 9.50 Å². The number of hydrogen-bond acceptors (Lipinski definition) is 2. The molecule has 0 radical (unpaired) electrons. The Labute approximate surface area is 106 Å². The molecular formula is C15H16FNO. The second-order valence-electron chi connectivity index (χ2n) is 4.49. The monoisotopic (exact) mass is 245 g/mol. The van der Waals surface area contributed by atoms with Crippen LogP contribution in [0.1, 0.15) is 12.5 Å². The van der Waals surface area contributed by atoms with E-state index in [0.29, 0.717) is 5.56 Å². The van der Waals surface area contributed by atoms with E-state index < -0.39 is 5.54 Å². The van der Waals surface area contributed by atoms with Crippen LogP contribution in [0.15, 0.2) is 54.6 Å². The van der Waals surface area contributed by atoms with Gasteiger partial charge in [0.25, 0.3) is 0 Å². The van der Waals surface area contributed by atoms with Crippen LogP contribution in [0.4, 0.5) is 10.1 Å². The van der Waals surface area contributed by atoms with Gasteiger partial charge < -0.3 is 10.4 Å². The van der Waals surface area contributed by atoms with Crippen molar-refractivity contribution in [2.45, 2.75) is 12.5 Å². The van der Waals surface area contributed by atoms with E-state index in [9.17, 15) is 9.50 Å². The standard InChI is InChI=1S/C15H16FNO/c1-15(11-18,12-6-5-7-13(16)10-12)17-14-8-3-2-4-9-14/h2-10,17-18H,11H2,1H3. The van der Waals surface area contributed by atoms with Crippen molar-refractivity contribution in [1.29, 1.82) is 0 Å². The number of benzene rings is 2. The molecule has 0 saturated carbocycles. The third-order valence-electron chi connectivity index (χ3n) is 2.97. The van der Waals surface area contributed by atoms with E-state index in [1.54, 1.807) is 12.1 Å². The third kappa shape index (κ3) is 2.68. The molecule has 0 aromatic heterocycles. The molecule has 3 heteroatoms. The fourth-order valence-corrected chi connectivity index (χ4v) is 1.87. The highest BCUT2D eigenvalue weighted by molar-refractivity contribution is 5.47. The second-order valence-corrected chi connectivity index (χ2v) is 4.49. The number of nitrogens with one attached hydrogen (secondary N) is 1. The molecule has 0 spiro atoms. The van der Waals surface area contributed by atoms with Crippen LogP contribution >= 0.6 is 0 Å².